The second kappa shape index (κ2) is 10.1. The molecular weight excluding hydrogens is 416 g/mol. The van der Waals surface area contributed by atoms with Crippen LogP contribution in [0.25, 0.3) is 6.08 Å². The largest absolute Gasteiger partial charge is 0.490 e. The van der Waals surface area contributed by atoms with Gasteiger partial charge < -0.3 is 9.47 Å². The molecule has 1 aliphatic heterocycles. The molecule has 1 heterocycles. The van der Waals surface area contributed by atoms with Crippen molar-refractivity contribution in [3.8, 4) is 11.5 Å². The molecule has 0 aromatic heterocycles. The zero-order chi connectivity index (χ0) is 19.8. The summed E-state index contributed by atoms with van der Waals surface area (Å²) in [7, 11) is 0. The Morgan fingerprint density at radius 3 is 2.33 bits per heavy atom. The van der Waals surface area contributed by atoms with Crippen molar-refractivity contribution in [1.82, 2.24) is 10.6 Å². The molecule has 2 rings (SSSR count). The molecule has 1 saturated heterocycles. The van der Waals surface area contributed by atoms with E-state index in [4.69, 9.17) is 9.47 Å². The van der Waals surface area contributed by atoms with E-state index in [1.807, 2.05) is 17.6 Å². The van der Waals surface area contributed by atoms with Crippen molar-refractivity contribution < 1.29 is 23.9 Å². The second-order valence-electron chi connectivity index (χ2n) is 5.97. The highest BCUT2D eigenvalue weighted by Gasteiger charge is 2.27. The molecule has 0 unspecified atom stereocenters. The second-order valence-corrected chi connectivity index (χ2v) is 6.82. The zero-order valence-corrected chi connectivity index (χ0v) is 17.0. The van der Waals surface area contributed by atoms with Crippen molar-refractivity contribution in [3.63, 3.8) is 0 Å². The minimum absolute atomic E-state index is 0.155. The molecule has 0 aliphatic carbocycles. The van der Waals surface area contributed by atoms with Crippen molar-refractivity contribution >= 4 is 39.9 Å². The molecule has 0 radical (unpaired) electrons. The third-order valence-electron chi connectivity index (χ3n) is 3.83. The van der Waals surface area contributed by atoms with E-state index in [1.165, 1.54) is 12.5 Å². The standard InChI is InChI=1S/C19H23BrN2O5/c1-3-5-6-7-8-27-16-14(20)10-12(11-15(16)26-4-2)9-13-17(23)21-19(25)22-18(13)24/h9-11H,3-8H2,1-2H3,(H2,21,22,23,24,25). The monoisotopic (exact) mass is 438 g/mol. The number of hydrogen-bond donors (Lipinski definition) is 2. The Bertz CT molecular complexity index is 739. The number of unbranched alkanes of at least 4 members (excludes halogenated alkanes) is 3. The smallest absolute Gasteiger partial charge is 0.328 e. The highest BCUT2D eigenvalue weighted by atomic mass is 79.9. The van der Waals surface area contributed by atoms with Gasteiger partial charge >= 0.3 is 6.03 Å². The van der Waals surface area contributed by atoms with Crippen LogP contribution in [0.15, 0.2) is 22.2 Å². The minimum atomic E-state index is -0.829. The predicted molar refractivity (Wildman–Crippen MR) is 105 cm³/mol. The number of urea groups is 1. The lowest BCUT2D eigenvalue weighted by molar-refractivity contribution is -0.123. The van der Waals surface area contributed by atoms with E-state index in [0.717, 1.165) is 19.3 Å². The van der Waals surface area contributed by atoms with Crippen LogP contribution in [0.3, 0.4) is 0 Å². The Labute approximate surface area is 166 Å². The van der Waals surface area contributed by atoms with Gasteiger partial charge in [0.25, 0.3) is 11.8 Å². The summed E-state index contributed by atoms with van der Waals surface area (Å²) >= 11 is 3.47. The lowest BCUT2D eigenvalue weighted by Gasteiger charge is -2.16. The third kappa shape index (κ3) is 5.82. The van der Waals surface area contributed by atoms with Gasteiger partial charge in [0.15, 0.2) is 11.5 Å². The molecule has 2 N–H and O–H groups in total. The summed E-state index contributed by atoms with van der Waals surface area (Å²) in [6, 6.07) is 2.60. The first-order valence-electron chi connectivity index (χ1n) is 8.93. The molecule has 27 heavy (non-hydrogen) atoms. The van der Waals surface area contributed by atoms with Crippen LogP contribution in [0.1, 0.15) is 45.1 Å². The summed E-state index contributed by atoms with van der Waals surface area (Å²) in [5, 5.41) is 4.09. The molecule has 8 heteroatoms. The van der Waals surface area contributed by atoms with Gasteiger partial charge in [-0.05, 0) is 53.0 Å². The first-order chi connectivity index (χ1) is 13.0. The maximum atomic E-state index is 11.9. The van der Waals surface area contributed by atoms with Crippen LogP contribution in [0.5, 0.6) is 11.5 Å². The Kier molecular flexibility index (Phi) is 7.84. The molecule has 1 fully saturated rings. The van der Waals surface area contributed by atoms with E-state index < -0.39 is 17.8 Å². The van der Waals surface area contributed by atoms with Gasteiger partial charge in [0.05, 0.1) is 17.7 Å². The van der Waals surface area contributed by atoms with Crippen LogP contribution < -0.4 is 20.1 Å². The van der Waals surface area contributed by atoms with Crippen molar-refractivity contribution in [2.75, 3.05) is 13.2 Å². The fourth-order valence-corrected chi connectivity index (χ4v) is 3.12. The number of amides is 4. The van der Waals surface area contributed by atoms with E-state index in [2.05, 4.69) is 22.9 Å². The number of ether oxygens (including phenoxy) is 2. The molecule has 1 aliphatic rings. The minimum Gasteiger partial charge on any atom is -0.490 e. The van der Waals surface area contributed by atoms with Crippen LogP contribution in [0, 0.1) is 0 Å². The van der Waals surface area contributed by atoms with Gasteiger partial charge in [0, 0.05) is 0 Å². The molecule has 1 aromatic carbocycles. The number of hydrogen-bond acceptors (Lipinski definition) is 5. The maximum absolute atomic E-state index is 11.9. The number of rotatable bonds is 9. The molecule has 0 bridgehead atoms. The average Bonchev–Trinajstić information content (AvgIpc) is 2.60. The number of nitrogens with one attached hydrogen (secondary N) is 2. The lowest BCUT2D eigenvalue weighted by atomic mass is 10.1. The summed E-state index contributed by atoms with van der Waals surface area (Å²) < 4.78 is 12.2. The molecule has 146 valence electrons. The Morgan fingerprint density at radius 2 is 1.70 bits per heavy atom. The maximum Gasteiger partial charge on any atom is 0.328 e. The van der Waals surface area contributed by atoms with Crippen LogP contribution in [0.2, 0.25) is 0 Å². The summed E-state index contributed by atoms with van der Waals surface area (Å²) in [6.45, 7) is 5.03. The van der Waals surface area contributed by atoms with Crippen molar-refractivity contribution in [2.45, 2.75) is 39.5 Å². The Balaban J connectivity index is 2.23. The van der Waals surface area contributed by atoms with Crippen LogP contribution in [-0.4, -0.2) is 31.1 Å². The predicted octanol–water partition coefficient (Wildman–Crippen LogP) is 3.56. The Hall–Kier alpha value is -2.35. The molecule has 0 atom stereocenters. The average molecular weight is 439 g/mol. The number of carbonyl (C=O) groups excluding carboxylic acids is 3. The van der Waals surface area contributed by atoms with Gasteiger partial charge in [-0.2, -0.15) is 0 Å². The Morgan fingerprint density at radius 1 is 1.00 bits per heavy atom. The number of benzene rings is 1. The molecule has 7 nitrogen and oxygen atoms in total. The van der Waals surface area contributed by atoms with Gasteiger partial charge in [0.2, 0.25) is 0 Å². The van der Waals surface area contributed by atoms with Crippen LogP contribution in [-0.2, 0) is 9.59 Å². The highest BCUT2D eigenvalue weighted by Crippen LogP contribution is 2.37. The van der Waals surface area contributed by atoms with Gasteiger partial charge in [-0.15, -0.1) is 0 Å². The molecular formula is C19H23BrN2O5. The third-order valence-corrected chi connectivity index (χ3v) is 4.42. The van der Waals surface area contributed by atoms with Crippen molar-refractivity contribution in [2.24, 2.45) is 0 Å². The summed E-state index contributed by atoms with van der Waals surface area (Å²) in [5.41, 5.74) is 0.412. The summed E-state index contributed by atoms with van der Waals surface area (Å²) in [4.78, 5) is 34.9. The molecule has 0 saturated carbocycles. The van der Waals surface area contributed by atoms with Crippen LogP contribution in [0.4, 0.5) is 4.79 Å². The van der Waals surface area contributed by atoms with Gasteiger partial charge in [0.1, 0.15) is 5.57 Å². The lowest BCUT2D eigenvalue weighted by Crippen LogP contribution is -2.51. The fourth-order valence-electron chi connectivity index (χ4n) is 2.55. The highest BCUT2D eigenvalue weighted by molar-refractivity contribution is 9.10. The first kappa shape index (κ1) is 21.0. The van der Waals surface area contributed by atoms with Gasteiger partial charge in [-0.3, -0.25) is 20.2 Å². The normalized spacial score (nSPS) is 13.9. The quantitative estimate of drug-likeness (QED) is 0.349. The number of imide groups is 2. The van der Waals surface area contributed by atoms with Crippen LogP contribution >= 0.6 is 15.9 Å². The van der Waals surface area contributed by atoms with Gasteiger partial charge in [-0.25, -0.2) is 4.79 Å². The van der Waals surface area contributed by atoms with E-state index in [-0.39, 0.29) is 5.57 Å². The fraction of sp³-hybridized carbons (Fsp3) is 0.421. The SMILES string of the molecule is CCCCCCOc1c(Br)cc(C=C2C(=O)NC(=O)NC2=O)cc1OCC. The van der Waals surface area contributed by atoms with E-state index >= 15 is 0 Å². The van der Waals surface area contributed by atoms with Crippen molar-refractivity contribution in [1.29, 1.82) is 0 Å². The summed E-state index contributed by atoms with van der Waals surface area (Å²) in [5.74, 6) is -0.381. The zero-order valence-electron chi connectivity index (χ0n) is 15.4. The molecule has 0 spiro atoms. The van der Waals surface area contributed by atoms with Gasteiger partial charge in [-0.1, -0.05) is 26.2 Å². The number of halogens is 1. The van der Waals surface area contributed by atoms with E-state index in [1.54, 1.807) is 12.1 Å². The number of carbonyl (C=O) groups is 3. The number of barbiturate groups is 1. The first-order valence-corrected chi connectivity index (χ1v) is 9.73. The topological polar surface area (TPSA) is 93.7 Å². The van der Waals surface area contributed by atoms with E-state index in [9.17, 15) is 14.4 Å². The molecule has 1 aromatic rings. The summed E-state index contributed by atoms with van der Waals surface area (Å²) in [6.07, 6.45) is 5.78. The molecule has 4 amide bonds. The van der Waals surface area contributed by atoms with E-state index in [0.29, 0.717) is 34.7 Å². The van der Waals surface area contributed by atoms with Crippen molar-refractivity contribution in [3.05, 3.63) is 27.7 Å².